The number of hydrogen-bond acceptors (Lipinski definition) is 1. The molecule has 2 nitrogen and oxygen atoms in total. The van der Waals surface area contributed by atoms with Crippen molar-refractivity contribution in [2.45, 2.75) is 58.4 Å². The van der Waals surface area contributed by atoms with Crippen LogP contribution in [0.25, 0.3) is 0 Å². The number of amides is 1. The number of carbonyl (C=O) groups excluding carboxylic acids is 1. The highest BCUT2D eigenvalue weighted by Gasteiger charge is 2.46. The maximum absolute atomic E-state index is 13.0. The van der Waals surface area contributed by atoms with Gasteiger partial charge in [0, 0.05) is 18.5 Å². The Bertz CT molecular complexity index is 471. The van der Waals surface area contributed by atoms with E-state index in [2.05, 4.69) is 25.7 Å². The van der Waals surface area contributed by atoms with Crippen LogP contribution in [0.4, 0.5) is 4.39 Å². The summed E-state index contributed by atoms with van der Waals surface area (Å²) in [5.74, 6) is 0.450. The molecule has 3 unspecified atom stereocenters. The second-order valence-electron chi connectivity index (χ2n) is 6.14. The molecule has 0 bridgehead atoms. The molecular weight excluding hydrogens is 265 g/mol. The molecule has 0 spiro atoms. The van der Waals surface area contributed by atoms with Crippen LogP contribution in [-0.2, 0) is 4.79 Å². The Morgan fingerprint density at radius 2 is 2.00 bits per heavy atom. The van der Waals surface area contributed by atoms with Crippen LogP contribution in [0.5, 0.6) is 0 Å². The van der Waals surface area contributed by atoms with E-state index in [1.165, 1.54) is 12.1 Å². The first-order valence-electron chi connectivity index (χ1n) is 8.14. The fraction of sp³-hybridized carbons (Fsp3) is 0.611. The van der Waals surface area contributed by atoms with E-state index in [0.29, 0.717) is 6.04 Å². The Kier molecular flexibility index (Phi) is 5.38. The number of carbonyl (C=O) groups is 1. The van der Waals surface area contributed by atoms with Crippen molar-refractivity contribution in [2.24, 2.45) is 5.92 Å². The average molecular weight is 291 g/mol. The lowest BCUT2D eigenvalue weighted by atomic mass is 10.1. The van der Waals surface area contributed by atoms with E-state index in [0.717, 1.165) is 37.8 Å². The highest BCUT2D eigenvalue weighted by atomic mass is 19.1. The Balaban J connectivity index is 2.00. The number of benzene rings is 1. The van der Waals surface area contributed by atoms with E-state index in [-0.39, 0.29) is 23.6 Å². The number of unbranched alkanes of at least 4 members (excludes halogenated alkanes) is 1. The molecule has 0 radical (unpaired) electrons. The summed E-state index contributed by atoms with van der Waals surface area (Å²) >= 11 is 0. The van der Waals surface area contributed by atoms with Crippen LogP contribution in [-0.4, -0.2) is 23.4 Å². The molecule has 0 heterocycles. The minimum Gasteiger partial charge on any atom is -0.340 e. The lowest BCUT2D eigenvalue weighted by molar-refractivity contribution is -0.134. The molecule has 1 fully saturated rings. The zero-order valence-corrected chi connectivity index (χ0v) is 13.3. The zero-order valence-electron chi connectivity index (χ0n) is 13.3. The molecule has 0 saturated heterocycles. The molecule has 2 rings (SSSR count). The molecule has 1 aliphatic rings. The second-order valence-corrected chi connectivity index (χ2v) is 6.14. The normalized spacial score (nSPS) is 21.9. The van der Waals surface area contributed by atoms with Gasteiger partial charge in [-0.05, 0) is 49.8 Å². The van der Waals surface area contributed by atoms with Gasteiger partial charge in [-0.3, -0.25) is 4.79 Å². The quantitative estimate of drug-likeness (QED) is 0.731. The standard InChI is InChI=1S/C18H26FNO/c1-4-6-11-20(13(3)5-2)18(21)17-12-16(17)14-7-9-15(19)10-8-14/h7-10,13,16-17H,4-6,11-12H2,1-3H3. The first-order valence-corrected chi connectivity index (χ1v) is 8.14. The lowest BCUT2D eigenvalue weighted by Gasteiger charge is -2.29. The van der Waals surface area contributed by atoms with Gasteiger partial charge < -0.3 is 4.90 Å². The minimum atomic E-state index is -0.216. The molecular formula is C18H26FNO. The van der Waals surface area contributed by atoms with Crippen molar-refractivity contribution in [1.82, 2.24) is 4.90 Å². The smallest absolute Gasteiger partial charge is 0.226 e. The van der Waals surface area contributed by atoms with Crippen molar-refractivity contribution in [3.8, 4) is 0 Å². The number of hydrogen-bond donors (Lipinski definition) is 0. The van der Waals surface area contributed by atoms with Gasteiger partial charge in [0.15, 0.2) is 0 Å². The van der Waals surface area contributed by atoms with Crippen LogP contribution < -0.4 is 0 Å². The van der Waals surface area contributed by atoms with E-state index >= 15 is 0 Å². The van der Waals surface area contributed by atoms with Gasteiger partial charge in [-0.15, -0.1) is 0 Å². The van der Waals surface area contributed by atoms with Gasteiger partial charge in [-0.2, -0.15) is 0 Å². The van der Waals surface area contributed by atoms with Gasteiger partial charge >= 0.3 is 0 Å². The van der Waals surface area contributed by atoms with Gasteiger partial charge in [-0.1, -0.05) is 32.4 Å². The van der Waals surface area contributed by atoms with Gasteiger partial charge in [0.05, 0.1) is 0 Å². The number of nitrogens with zero attached hydrogens (tertiary/aromatic N) is 1. The maximum Gasteiger partial charge on any atom is 0.226 e. The van der Waals surface area contributed by atoms with Crippen molar-refractivity contribution >= 4 is 5.91 Å². The molecule has 0 aliphatic heterocycles. The van der Waals surface area contributed by atoms with Gasteiger partial charge in [-0.25, -0.2) is 4.39 Å². The van der Waals surface area contributed by atoms with Crippen LogP contribution in [0.3, 0.4) is 0 Å². The number of halogens is 1. The molecule has 3 heteroatoms. The SMILES string of the molecule is CCCCN(C(=O)C1CC1c1ccc(F)cc1)C(C)CC. The third-order valence-corrected chi connectivity index (χ3v) is 4.56. The summed E-state index contributed by atoms with van der Waals surface area (Å²) in [4.78, 5) is 14.8. The van der Waals surface area contributed by atoms with E-state index in [4.69, 9.17) is 0 Å². The molecule has 1 aromatic carbocycles. The fourth-order valence-electron chi connectivity index (χ4n) is 2.86. The van der Waals surface area contributed by atoms with E-state index in [1.807, 2.05) is 12.1 Å². The van der Waals surface area contributed by atoms with E-state index in [9.17, 15) is 9.18 Å². The van der Waals surface area contributed by atoms with Crippen molar-refractivity contribution in [3.63, 3.8) is 0 Å². The molecule has 3 atom stereocenters. The third-order valence-electron chi connectivity index (χ3n) is 4.56. The predicted molar refractivity (Wildman–Crippen MR) is 83.6 cm³/mol. The van der Waals surface area contributed by atoms with Crippen LogP contribution in [0.15, 0.2) is 24.3 Å². The average Bonchev–Trinajstić information content (AvgIpc) is 3.28. The van der Waals surface area contributed by atoms with Crippen LogP contribution in [0.2, 0.25) is 0 Å². The van der Waals surface area contributed by atoms with Crippen LogP contribution >= 0.6 is 0 Å². The number of rotatable bonds is 7. The minimum absolute atomic E-state index is 0.0984. The van der Waals surface area contributed by atoms with Gasteiger partial charge in [0.1, 0.15) is 5.82 Å². The molecule has 1 amide bonds. The van der Waals surface area contributed by atoms with Gasteiger partial charge in [0.25, 0.3) is 0 Å². The topological polar surface area (TPSA) is 20.3 Å². The van der Waals surface area contributed by atoms with Crippen LogP contribution in [0.1, 0.15) is 57.9 Å². The summed E-state index contributed by atoms with van der Waals surface area (Å²) in [5.41, 5.74) is 1.09. The Morgan fingerprint density at radius 3 is 2.57 bits per heavy atom. The predicted octanol–water partition coefficient (Wildman–Crippen LogP) is 4.36. The van der Waals surface area contributed by atoms with Crippen molar-refractivity contribution in [1.29, 1.82) is 0 Å². The third kappa shape index (κ3) is 3.84. The fourth-order valence-corrected chi connectivity index (χ4v) is 2.86. The molecule has 1 aliphatic carbocycles. The van der Waals surface area contributed by atoms with E-state index < -0.39 is 0 Å². The summed E-state index contributed by atoms with van der Waals surface area (Å²) in [6.07, 6.45) is 4.06. The van der Waals surface area contributed by atoms with Crippen molar-refractivity contribution in [2.75, 3.05) is 6.54 Å². The Labute approximate surface area is 127 Å². The van der Waals surface area contributed by atoms with Crippen LogP contribution in [0, 0.1) is 11.7 Å². The summed E-state index contributed by atoms with van der Waals surface area (Å²) in [5, 5.41) is 0. The molecule has 1 saturated carbocycles. The first-order chi connectivity index (χ1) is 10.1. The highest BCUT2D eigenvalue weighted by molar-refractivity contribution is 5.83. The largest absolute Gasteiger partial charge is 0.340 e. The monoisotopic (exact) mass is 291 g/mol. The summed E-state index contributed by atoms with van der Waals surface area (Å²) < 4.78 is 13.0. The second kappa shape index (κ2) is 7.06. The Hall–Kier alpha value is -1.38. The molecule has 1 aromatic rings. The molecule has 0 aromatic heterocycles. The first kappa shape index (κ1) is 16.0. The van der Waals surface area contributed by atoms with E-state index in [1.54, 1.807) is 0 Å². The van der Waals surface area contributed by atoms with Crippen molar-refractivity contribution < 1.29 is 9.18 Å². The van der Waals surface area contributed by atoms with Gasteiger partial charge in [0.2, 0.25) is 5.91 Å². The molecule has 116 valence electrons. The van der Waals surface area contributed by atoms with Crippen molar-refractivity contribution in [3.05, 3.63) is 35.6 Å². The highest BCUT2D eigenvalue weighted by Crippen LogP contribution is 2.48. The lowest BCUT2D eigenvalue weighted by Crippen LogP contribution is -2.40. The summed E-state index contributed by atoms with van der Waals surface area (Å²) in [7, 11) is 0. The molecule has 21 heavy (non-hydrogen) atoms. The maximum atomic E-state index is 13.0. The summed E-state index contributed by atoms with van der Waals surface area (Å²) in [6.45, 7) is 7.26. The summed E-state index contributed by atoms with van der Waals surface area (Å²) in [6, 6.07) is 6.90. The Morgan fingerprint density at radius 1 is 1.33 bits per heavy atom. The molecule has 0 N–H and O–H groups in total. The zero-order chi connectivity index (χ0) is 15.4.